The number of amides is 1. The molecule has 0 radical (unpaired) electrons. The molecular formula is C26H28F3N3O3. The molecule has 0 bridgehead atoms. The quantitative estimate of drug-likeness (QED) is 0.366. The van der Waals surface area contributed by atoms with E-state index in [2.05, 4.69) is 10.1 Å². The van der Waals surface area contributed by atoms with Crippen molar-refractivity contribution in [2.45, 2.75) is 32.0 Å². The molecule has 0 unspecified atom stereocenters. The van der Waals surface area contributed by atoms with Crippen LogP contribution in [0.15, 0.2) is 59.1 Å². The molecule has 1 aliphatic heterocycles. The first-order chi connectivity index (χ1) is 16.9. The first kappa shape index (κ1) is 24.8. The van der Waals surface area contributed by atoms with Crippen LogP contribution in [0.4, 0.5) is 19.1 Å². The molecule has 0 saturated carbocycles. The fourth-order valence-corrected chi connectivity index (χ4v) is 4.29. The van der Waals surface area contributed by atoms with Crippen molar-refractivity contribution in [2.24, 2.45) is 0 Å². The largest absolute Gasteiger partial charge is 0.416 e. The van der Waals surface area contributed by atoms with Gasteiger partial charge in [0.25, 0.3) is 5.91 Å². The molecule has 1 fully saturated rings. The number of methoxy groups -OCH3 is 1. The summed E-state index contributed by atoms with van der Waals surface area (Å²) in [6.45, 7) is 2.52. The maximum absolute atomic E-state index is 13.5. The molecule has 1 saturated heterocycles. The number of aromatic nitrogens is 1. The Hall–Kier alpha value is -3.33. The number of anilines is 1. The number of halogens is 3. The van der Waals surface area contributed by atoms with Crippen LogP contribution < -0.4 is 4.90 Å². The molecule has 0 spiro atoms. The summed E-state index contributed by atoms with van der Waals surface area (Å²) >= 11 is 0. The van der Waals surface area contributed by atoms with Crippen LogP contribution in [0.2, 0.25) is 0 Å². The van der Waals surface area contributed by atoms with Gasteiger partial charge in [-0.15, -0.1) is 0 Å². The third kappa shape index (κ3) is 5.85. The lowest BCUT2D eigenvalue weighted by Crippen LogP contribution is -2.33. The summed E-state index contributed by atoms with van der Waals surface area (Å²) < 4.78 is 50.8. The van der Waals surface area contributed by atoms with E-state index in [1.165, 1.54) is 12.1 Å². The average Bonchev–Trinajstić information content (AvgIpc) is 3.53. The standard InChI is InChI=1S/C26H28F3N3O3/c1-34-16-8-15-32(24(33)20-11-7-12-21(17-20)26(27,28)29)18-22-23(19-9-3-2-4-10-19)30-35-25(22)31-13-5-6-14-31/h2-4,7,9-12,17H,5-6,8,13-16,18H2,1H3. The lowest BCUT2D eigenvalue weighted by atomic mass is 10.1. The van der Waals surface area contributed by atoms with E-state index in [9.17, 15) is 18.0 Å². The first-order valence-electron chi connectivity index (χ1n) is 11.6. The van der Waals surface area contributed by atoms with Gasteiger partial charge in [0, 0.05) is 44.5 Å². The molecule has 0 N–H and O–H groups in total. The van der Waals surface area contributed by atoms with Crippen LogP contribution in [-0.2, 0) is 17.5 Å². The number of alkyl halides is 3. The second-order valence-corrected chi connectivity index (χ2v) is 8.53. The van der Waals surface area contributed by atoms with Gasteiger partial charge in [0.05, 0.1) is 17.7 Å². The van der Waals surface area contributed by atoms with Gasteiger partial charge in [-0.05, 0) is 37.5 Å². The zero-order chi connectivity index (χ0) is 24.8. The van der Waals surface area contributed by atoms with Crippen molar-refractivity contribution in [3.63, 3.8) is 0 Å². The number of nitrogens with zero attached hydrogens (tertiary/aromatic N) is 3. The van der Waals surface area contributed by atoms with E-state index in [0.29, 0.717) is 31.2 Å². The number of rotatable bonds is 9. The summed E-state index contributed by atoms with van der Waals surface area (Å²) in [5.41, 5.74) is 1.35. The number of hydrogen-bond acceptors (Lipinski definition) is 5. The summed E-state index contributed by atoms with van der Waals surface area (Å²) in [6, 6.07) is 14.1. The second-order valence-electron chi connectivity index (χ2n) is 8.53. The predicted octanol–water partition coefficient (Wildman–Crippen LogP) is 5.64. The Balaban J connectivity index is 1.70. The minimum atomic E-state index is -4.53. The molecule has 9 heteroatoms. The van der Waals surface area contributed by atoms with Crippen molar-refractivity contribution in [3.8, 4) is 11.3 Å². The lowest BCUT2D eigenvalue weighted by molar-refractivity contribution is -0.137. The number of carbonyl (C=O) groups is 1. The number of hydrogen-bond donors (Lipinski definition) is 0. The van der Waals surface area contributed by atoms with Gasteiger partial charge in [0.2, 0.25) is 5.88 Å². The van der Waals surface area contributed by atoms with E-state index in [-0.39, 0.29) is 12.1 Å². The Kier molecular flexibility index (Phi) is 7.75. The zero-order valence-electron chi connectivity index (χ0n) is 19.6. The van der Waals surface area contributed by atoms with Crippen molar-refractivity contribution in [1.29, 1.82) is 0 Å². The average molecular weight is 488 g/mol. The van der Waals surface area contributed by atoms with Crippen molar-refractivity contribution in [2.75, 3.05) is 38.3 Å². The molecule has 1 amide bonds. The van der Waals surface area contributed by atoms with Crippen LogP contribution in [0.5, 0.6) is 0 Å². The van der Waals surface area contributed by atoms with Gasteiger partial charge in [-0.25, -0.2) is 0 Å². The van der Waals surface area contributed by atoms with Crippen LogP contribution in [0.1, 0.15) is 40.7 Å². The van der Waals surface area contributed by atoms with Gasteiger partial charge in [-0.2, -0.15) is 13.2 Å². The molecule has 4 rings (SSSR count). The SMILES string of the molecule is COCCCN(Cc1c(-c2ccccc2)noc1N1CCCC1)C(=O)c1cccc(C(F)(F)F)c1. The van der Waals surface area contributed by atoms with Crippen LogP contribution in [0.3, 0.4) is 0 Å². The van der Waals surface area contributed by atoms with Gasteiger partial charge in [-0.1, -0.05) is 41.6 Å². The van der Waals surface area contributed by atoms with Gasteiger partial charge in [-0.3, -0.25) is 4.79 Å². The highest BCUT2D eigenvalue weighted by Crippen LogP contribution is 2.35. The molecule has 186 valence electrons. The minimum absolute atomic E-state index is 0.0160. The molecule has 1 aromatic heterocycles. The Morgan fingerprint density at radius 1 is 1.11 bits per heavy atom. The Morgan fingerprint density at radius 2 is 1.86 bits per heavy atom. The molecular weight excluding hydrogens is 459 g/mol. The summed E-state index contributed by atoms with van der Waals surface area (Å²) in [6.07, 6.45) is -1.94. The van der Waals surface area contributed by atoms with Crippen molar-refractivity contribution < 1.29 is 27.2 Å². The van der Waals surface area contributed by atoms with Gasteiger partial charge in [0.1, 0.15) is 5.69 Å². The van der Waals surface area contributed by atoms with Crippen LogP contribution in [-0.4, -0.2) is 49.3 Å². The number of carbonyl (C=O) groups excluding carboxylic acids is 1. The topological polar surface area (TPSA) is 58.8 Å². The van der Waals surface area contributed by atoms with Crippen LogP contribution >= 0.6 is 0 Å². The molecule has 2 heterocycles. The maximum Gasteiger partial charge on any atom is 0.416 e. The van der Waals surface area contributed by atoms with E-state index in [4.69, 9.17) is 9.26 Å². The monoisotopic (exact) mass is 487 g/mol. The van der Waals surface area contributed by atoms with E-state index in [0.717, 1.165) is 49.2 Å². The van der Waals surface area contributed by atoms with Crippen LogP contribution in [0, 0.1) is 0 Å². The highest BCUT2D eigenvalue weighted by molar-refractivity contribution is 5.94. The van der Waals surface area contributed by atoms with Crippen LogP contribution in [0.25, 0.3) is 11.3 Å². The fourth-order valence-electron chi connectivity index (χ4n) is 4.29. The highest BCUT2D eigenvalue weighted by atomic mass is 19.4. The normalized spacial score (nSPS) is 13.9. The summed E-state index contributed by atoms with van der Waals surface area (Å²) in [5.74, 6) is 0.120. The molecule has 3 aromatic rings. The number of ether oxygens (including phenoxy) is 1. The summed E-state index contributed by atoms with van der Waals surface area (Å²) in [5, 5.41) is 4.33. The molecule has 2 aromatic carbocycles. The molecule has 1 aliphatic rings. The summed E-state index contributed by atoms with van der Waals surface area (Å²) in [4.78, 5) is 17.1. The highest BCUT2D eigenvalue weighted by Gasteiger charge is 2.32. The Bertz CT molecular complexity index is 1130. The minimum Gasteiger partial charge on any atom is -0.385 e. The van der Waals surface area contributed by atoms with Crippen molar-refractivity contribution >= 4 is 11.8 Å². The smallest absolute Gasteiger partial charge is 0.385 e. The van der Waals surface area contributed by atoms with E-state index in [1.54, 1.807) is 12.0 Å². The molecule has 35 heavy (non-hydrogen) atoms. The predicted molar refractivity (Wildman–Crippen MR) is 126 cm³/mol. The van der Waals surface area contributed by atoms with Crippen molar-refractivity contribution in [1.82, 2.24) is 10.1 Å². The zero-order valence-corrected chi connectivity index (χ0v) is 19.6. The van der Waals surface area contributed by atoms with E-state index >= 15 is 0 Å². The Morgan fingerprint density at radius 3 is 2.54 bits per heavy atom. The molecule has 6 nitrogen and oxygen atoms in total. The van der Waals surface area contributed by atoms with Crippen molar-refractivity contribution in [3.05, 3.63) is 71.3 Å². The number of benzene rings is 2. The molecule has 0 aliphatic carbocycles. The van der Waals surface area contributed by atoms with E-state index in [1.807, 2.05) is 30.3 Å². The van der Waals surface area contributed by atoms with Gasteiger partial charge in [0.15, 0.2) is 0 Å². The third-order valence-corrected chi connectivity index (χ3v) is 6.06. The summed E-state index contributed by atoms with van der Waals surface area (Å²) in [7, 11) is 1.57. The van der Waals surface area contributed by atoms with E-state index < -0.39 is 17.6 Å². The third-order valence-electron chi connectivity index (χ3n) is 6.06. The fraction of sp³-hybridized carbons (Fsp3) is 0.385. The van der Waals surface area contributed by atoms with Gasteiger partial charge < -0.3 is 19.1 Å². The maximum atomic E-state index is 13.5. The first-order valence-corrected chi connectivity index (χ1v) is 11.6. The lowest BCUT2D eigenvalue weighted by Gasteiger charge is -2.25. The van der Waals surface area contributed by atoms with Gasteiger partial charge >= 0.3 is 6.18 Å². The molecule has 0 atom stereocenters. The second kappa shape index (κ2) is 10.9. The Labute approximate surface area is 202 Å².